The summed E-state index contributed by atoms with van der Waals surface area (Å²) in [6.45, 7) is 22.9. The molecule has 0 bridgehead atoms. The van der Waals surface area contributed by atoms with Crippen LogP contribution in [0.3, 0.4) is 0 Å². The Balaban J connectivity index is 0.000000251. The average molecular weight is 1140 g/mol. The zero-order valence-corrected chi connectivity index (χ0v) is 46.5. The Labute approximate surface area is 437 Å². The van der Waals surface area contributed by atoms with Gasteiger partial charge in [-0.25, -0.2) is 4.98 Å². The van der Waals surface area contributed by atoms with E-state index in [0.29, 0.717) is 23.5 Å². The summed E-state index contributed by atoms with van der Waals surface area (Å²) >= 11 is 1.65. The molecule has 0 aliphatic heterocycles. The van der Waals surface area contributed by atoms with Crippen LogP contribution >= 0.6 is 11.3 Å². The number of pyridine rings is 2. The molecule has 5 heterocycles. The van der Waals surface area contributed by atoms with Crippen molar-refractivity contribution in [2.24, 2.45) is 5.92 Å². The molecule has 0 fully saturated rings. The number of imidazole rings is 1. The van der Waals surface area contributed by atoms with Crippen LogP contribution in [-0.4, -0.2) is 27.6 Å². The van der Waals surface area contributed by atoms with Crippen molar-refractivity contribution >= 4 is 67.8 Å². The van der Waals surface area contributed by atoms with Crippen molar-refractivity contribution in [2.45, 2.75) is 86.4 Å². The van der Waals surface area contributed by atoms with Crippen LogP contribution in [0.5, 0.6) is 0 Å². The maximum atomic E-state index is 6.10. The molecular formula is C63H60IrN4OSSi-2. The fourth-order valence-corrected chi connectivity index (χ4v) is 12.2. The molecule has 71 heavy (non-hydrogen) atoms. The Kier molecular flexibility index (Phi) is 14.3. The largest absolute Gasteiger partial charge is 0.438 e. The van der Waals surface area contributed by atoms with Crippen molar-refractivity contribution in [3.8, 4) is 50.6 Å². The van der Waals surface area contributed by atoms with Crippen LogP contribution in [-0.2, 0) is 26.5 Å². The number of aryl methyl sites for hydroxylation is 1. The van der Waals surface area contributed by atoms with E-state index in [4.69, 9.17) is 9.40 Å². The van der Waals surface area contributed by atoms with Gasteiger partial charge in [-0.2, -0.15) is 0 Å². The van der Waals surface area contributed by atoms with Gasteiger partial charge in [0.25, 0.3) is 0 Å². The second-order valence-electron chi connectivity index (χ2n) is 20.7. The monoisotopic (exact) mass is 1140 g/mol. The average Bonchev–Trinajstić information content (AvgIpc) is 4.06. The van der Waals surface area contributed by atoms with Crippen LogP contribution in [0.4, 0.5) is 0 Å². The van der Waals surface area contributed by atoms with Crippen molar-refractivity contribution in [2.75, 3.05) is 0 Å². The Morgan fingerprint density at radius 3 is 2.04 bits per heavy atom. The van der Waals surface area contributed by atoms with E-state index in [1.165, 1.54) is 43.4 Å². The van der Waals surface area contributed by atoms with E-state index in [2.05, 4.69) is 215 Å². The molecule has 359 valence electrons. The predicted octanol–water partition coefficient (Wildman–Crippen LogP) is 17.2. The molecular weight excluding hydrogens is 1080 g/mol. The number of hydrogen-bond acceptors (Lipinski definition) is 5. The minimum absolute atomic E-state index is 0. The normalized spacial score (nSPS) is 11.8. The third-order valence-corrected chi connectivity index (χ3v) is 16.2. The first-order valence-corrected chi connectivity index (χ1v) is 29.0. The van der Waals surface area contributed by atoms with Gasteiger partial charge in [-0.05, 0) is 124 Å². The summed E-state index contributed by atoms with van der Waals surface area (Å²) in [4.78, 5) is 14.7. The van der Waals surface area contributed by atoms with Crippen LogP contribution in [0.1, 0.15) is 75.8 Å². The van der Waals surface area contributed by atoms with Crippen molar-refractivity contribution in [1.29, 1.82) is 0 Å². The molecule has 0 saturated heterocycles. The Morgan fingerprint density at radius 2 is 1.35 bits per heavy atom. The van der Waals surface area contributed by atoms with Crippen LogP contribution in [0.15, 0.2) is 156 Å². The van der Waals surface area contributed by atoms with Crippen LogP contribution in [0.25, 0.3) is 93.8 Å². The summed E-state index contributed by atoms with van der Waals surface area (Å²) in [6, 6.07) is 55.0. The molecule has 5 aromatic heterocycles. The summed E-state index contributed by atoms with van der Waals surface area (Å²) < 4.78 is 9.70. The molecule has 1 radical (unpaired) electrons. The van der Waals surface area contributed by atoms with Gasteiger partial charge in [0.2, 0.25) is 5.71 Å². The predicted molar refractivity (Wildman–Crippen MR) is 300 cm³/mol. The first-order valence-electron chi connectivity index (χ1n) is 24.6. The molecule has 0 atom stereocenters. The minimum Gasteiger partial charge on any atom is -0.438 e. The second-order valence-corrected chi connectivity index (χ2v) is 26.6. The van der Waals surface area contributed by atoms with Gasteiger partial charge >= 0.3 is 0 Å². The van der Waals surface area contributed by atoms with Gasteiger partial charge in [0.05, 0.1) is 24.9 Å². The quantitative estimate of drug-likeness (QED) is 0.101. The van der Waals surface area contributed by atoms with Crippen LogP contribution in [0.2, 0.25) is 19.6 Å². The number of thiophene rings is 1. The van der Waals surface area contributed by atoms with E-state index in [-0.39, 0.29) is 20.1 Å². The summed E-state index contributed by atoms with van der Waals surface area (Å²) in [5.41, 5.74) is 17.8. The van der Waals surface area contributed by atoms with Crippen LogP contribution < -0.4 is 5.19 Å². The topological polar surface area (TPSA) is 56.7 Å². The number of para-hydroxylation sites is 2. The van der Waals surface area contributed by atoms with Crippen molar-refractivity contribution in [1.82, 2.24) is 19.5 Å². The molecule has 8 heteroatoms. The zero-order valence-electron chi connectivity index (χ0n) is 42.3. The Morgan fingerprint density at radius 1 is 0.662 bits per heavy atom. The van der Waals surface area contributed by atoms with Gasteiger partial charge in [0.1, 0.15) is 5.58 Å². The molecule has 0 aliphatic rings. The molecule has 0 saturated carbocycles. The van der Waals surface area contributed by atoms with E-state index in [0.717, 1.165) is 78.7 Å². The van der Waals surface area contributed by atoms with E-state index >= 15 is 0 Å². The van der Waals surface area contributed by atoms with E-state index in [1.54, 1.807) is 11.3 Å². The number of fused-ring (bicyclic) bond motifs is 5. The smallest absolute Gasteiger partial charge is 0.227 e. The maximum Gasteiger partial charge on any atom is 0.227 e. The molecule has 11 rings (SSSR count). The minimum atomic E-state index is -1.34. The number of hydrogen-bond donors (Lipinski definition) is 0. The molecule has 11 aromatic rings. The fourth-order valence-electron chi connectivity index (χ4n) is 9.77. The second kappa shape index (κ2) is 20.4. The maximum absolute atomic E-state index is 6.10. The summed E-state index contributed by atoms with van der Waals surface area (Å²) in [5.74, 6) is 2.18. The Bertz CT molecular complexity index is 3650. The van der Waals surface area contributed by atoms with Gasteiger partial charge in [-0.1, -0.05) is 155 Å². The molecule has 0 amide bonds. The number of rotatable bonds is 10. The van der Waals surface area contributed by atoms with Crippen LogP contribution in [0, 0.1) is 24.3 Å². The van der Waals surface area contributed by atoms with Gasteiger partial charge < -0.3 is 14.0 Å². The van der Waals surface area contributed by atoms with E-state index in [9.17, 15) is 0 Å². The van der Waals surface area contributed by atoms with E-state index in [1.807, 2.05) is 31.2 Å². The molecule has 5 nitrogen and oxygen atoms in total. The molecule has 0 aliphatic carbocycles. The van der Waals surface area contributed by atoms with Gasteiger partial charge in [-0.3, -0.25) is 16.3 Å². The van der Waals surface area contributed by atoms with Crippen molar-refractivity contribution in [3.63, 3.8) is 0 Å². The van der Waals surface area contributed by atoms with Gasteiger partial charge in [0.15, 0.2) is 0 Å². The van der Waals surface area contributed by atoms with Gasteiger partial charge in [0, 0.05) is 48.5 Å². The third kappa shape index (κ3) is 10.0. The first-order chi connectivity index (χ1) is 33.7. The van der Waals surface area contributed by atoms with Crippen molar-refractivity contribution in [3.05, 3.63) is 186 Å². The van der Waals surface area contributed by atoms with Gasteiger partial charge in [-0.15, -0.1) is 41.3 Å². The summed E-state index contributed by atoms with van der Waals surface area (Å²) in [5, 5.41) is 8.45. The number of benzene rings is 6. The third-order valence-electron chi connectivity index (χ3n) is 13.3. The Hall–Kier alpha value is -6.28. The molecule has 0 unspecified atom stereocenters. The first kappa shape index (κ1) is 49.7. The van der Waals surface area contributed by atoms with Crippen molar-refractivity contribution < 1.29 is 24.5 Å². The molecule has 0 N–H and O–H groups in total. The standard InChI is InChI=1S/C45H36N3OS.C18H24NSi.Ir/c1-26(2)34-23-32(29-11-7-6-8-12-29)24-35(27(3)4)43(34)48-40-14-10-9-13-39(40)47-44(48)38-25-50-42-20-17-31(22-37(38)42)30-16-19-41-36(21-30)33-18-15-28(5)46-45(33)49-41;1-14(2)11-16-12-17(15-9-7-6-8-10-15)19-13-18(16)20(3,4)5;/h6-24,26-27H,1-5H3;6-9,12-14H,11H2,1-5H3;/q2*-1;. The zero-order chi connectivity index (χ0) is 48.8. The molecule has 6 aromatic carbocycles. The summed E-state index contributed by atoms with van der Waals surface area (Å²) in [7, 11) is -1.34. The SMILES string of the molecule is CC(C)Cc1cc(-c2[c-]cccc2)ncc1[Si](C)(C)C.Cc1ccc2c(n1)oc1ccc(-c3ccc4s[c-]c(-c5nc6ccccc6n5-c5c(C(C)C)cc(-c6ccccc6)cc5C(C)C)c4c3)cc12.[Ir]. The van der Waals surface area contributed by atoms with E-state index < -0.39 is 8.07 Å². The number of aromatic nitrogens is 4. The number of furan rings is 1. The molecule has 0 spiro atoms. The fraction of sp³-hybridized carbons (Fsp3) is 0.222. The summed E-state index contributed by atoms with van der Waals surface area (Å²) in [6.07, 6.45) is 3.24. The number of nitrogens with zero attached hydrogens (tertiary/aromatic N) is 4.